The number of rotatable bonds is 7. The maximum atomic E-state index is 12.1. The number of carbonyl (C=O) groups excluding carboxylic acids is 1. The molecule has 3 heterocycles. The molecular weight excluding hydrogens is 416 g/mol. The molecule has 0 unspecified atom stereocenters. The molecule has 0 radical (unpaired) electrons. The minimum Gasteiger partial charge on any atom is -0.354 e. The van der Waals surface area contributed by atoms with Crippen LogP contribution in [0, 0.1) is 0 Å². The molecule has 0 saturated carbocycles. The van der Waals surface area contributed by atoms with Crippen molar-refractivity contribution >= 4 is 39.4 Å². The summed E-state index contributed by atoms with van der Waals surface area (Å²) in [5.74, 6) is 1.55. The lowest BCUT2D eigenvalue weighted by atomic mass is 10.3. The van der Waals surface area contributed by atoms with E-state index < -0.39 is 0 Å². The smallest absolute Gasteiger partial charge is 0.236 e. The zero-order valence-corrected chi connectivity index (χ0v) is 16.9. The van der Waals surface area contributed by atoms with Crippen LogP contribution in [0.15, 0.2) is 46.3 Å². The minimum atomic E-state index is -0.125. The fourth-order valence-corrected chi connectivity index (χ4v) is 3.53. The maximum absolute atomic E-state index is 12.1. The second-order valence-corrected chi connectivity index (χ2v) is 7.49. The summed E-state index contributed by atoms with van der Waals surface area (Å²) in [6.45, 7) is 2.80. The Labute approximate surface area is 164 Å². The molecule has 1 N–H and O–H groups in total. The van der Waals surface area contributed by atoms with Gasteiger partial charge < -0.3 is 14.5 Å². The molecule has 0 saturated heterocycles. The number of hydrogen-bond acceptors (Lipinski definition) is 5. The molecule has 0 fully saturated rings. The van der Waals surface area contributed by atoms with Gasteiger partial charge in [0.2, 0.25) is 5.91 Å². The number of nitrogens with zero attached hydrogens (tertiary/aromatic N) is 5. The predicted octanol–water partition coefficient (Wildman–Crippen LogP) is 3.12. The maximum Gasteiger partial charge on any atom is 0.236 e. The van der Waals surface area contributed by atoms with Crippen LogP contribution in [0.25, 0.3) is 0 Å². The van der Waals surface area contributed by atoms with Gasteiger partial charge in [0, 0.05) is 42.6 Å². The summed E-state index contributed by atoms with van der Waals surface area (Å²) in [5, 5.41) is 12.1. The van der Waals surface area contributed by atoms with Gasteiger partial charge in [-0.3, -0.25) is 4.79 Å². The highest BCUT2D eigenvalue weighted by Crippen LogP contribution is 2.19. The highest BCUT2D eigenvalue weighted by molar-refractivity contribution is 9.10. The van der Waals surface area contributed by atoms with E-state index in [1.165, 1.54) is 17.5 Å². The number of amides is 1. The van der Waals surface area contributed by atoms with Crippen LogP contribution in [0.5, 0.6) is 0 Å². The third-order valence-corrected chi connectivity index (χ3v) is 5.26. The van der Waals surface area contributed by atoms with Gasteiger partial charge in [0.05, 0.1) is 5.75 Å². The Morgan fingerprint density at radius 3 is 2.81 bits per heavy atom. The van der Waals surface area contributed by atoms with Crippen LogP contribution in [0.2, 0.25) is 0 Å². The van der Waals surface area contributed by atoms with Crippen molar-refractivity contribution in [3.8, 4) is 0 Å². The summed E-state index contributed by atoms with van der Waals surface area (Å²) in [4.78, 5) is 16.3. The zero-order chi connectivity index (χ0) is 18.5. The van der Waals surface area contributed by atoms with Crippen LogP contribution in [0.4, 0.5) is 5.82 Å². The monoisotopic (exact) mass is 434 g/mol. The van der Waals surface area contributed by atoms with Gasteiger partial charge >= 0.3 is 0 Å². The highest BCUT2D eigenvalue weighted by Gasteiger charge is 2.14. The van der Waals surface area contributed by atoms with Gasteiger partial charge in [-0.05, 0) is 47.1 Å². The van der Waals surface area contributed by atoms with E-state index in [1.807, 2.05) is 36.9 Å². The lowest BCUT2D eigenvalue weighted by molar-refractivity contribution is -0.113. The van der Waals surface area contributed by atoms with Crippen molar-refractivity contribution in [3.05, 3.63) is 52.7 Å². The first kappa shape index (κ1) is 18.7. The average Bonchev–Trinajstić information content (AvgIpc) is 3.21. The van der Waals surface area contributed by atoms with Crippen LogP contribution >= 0.6 is 27.7 Å². The molecule has 3 aromatic heterocycles. The first-order chi connectivity index (χ1) is 12.6. The first-order valence-electron chi connectivity index (χ1n) is 8.13. The number of aromatic nitrogens is 5. The van der Waals surface area contributed by atoms with E-state index in [0.717, 1.165) is 22.0 Å². The second-order valence-electron chi connectivity index (χ2n) is 5.63. The van der Waals surface area contributed by atoms with Crippen molar-refractivity contribution in [2.24, 2.45) is 7.05 Å². The molecule has 136 valence electrons. The number of pyridine rings is 1. The van der Waals surface area contributed by atoms with Crippen molar-refractivity contribution in [2.45, 2.75) is 25.0 Å². The lowest BCUT2D eigenvalue weighted by Gasteiger charge is -2.08. The van der Waals surface area contributed by atoms with Crippen LogP contribution < -0.4 is 5.32 Å². The molecular formula is C17H19BrN6OS. The van der Waals surface area contributed by atoms with Crippen LogP contribution in [-0.4, -0.2) is 36.0 Å². The molecule has 0 spiro atoms. The molecule has 0 aliphatic heterocycles. The molecule has 7 nitrogen and oxygen atoms in total. The number of anilines is 1. The van der Waals surface area contributed by atoms with E-state index >= 15 is 0 Å². The first-order valence-corrected chi connectivity index (χ1v) is 9.91. The fraction of sp³-hybridized carbons (Fsp3) is 0.294. The molecule has 9 heteroatoms. The summed E-state index contributed by atoms with van der Waals surface area (Å²) in [6, 6.07) is 7.66. The summed E-state index contributed by atoms with van der Waals surface area (Å²) >= 11 is 4.69. The van der Waals surface area contributed by atoms with Crippen LogP contribution in [0.1, 0.15) is 18.4 Å². The zero-order valence-electron chi connectivity index (χ0n) is 14.5. The van der Waals surface area contributed by atoms with Crippen molar-refractivity contribution in [2.75, 3.05) is 11.1 Å². The number of aryl methyl sites for hydroxylation is 1. The topological polar surface area (TPSA) is 77.6 Å². The highest BCUT2D eigenvalue weighted by atomic mass is 79.9. The number of nitrogens with one attached hydrogen (secondary N) is 1. The van der Waals surface area contributed by atoms with E-state index in [-0.39, 0.29) is 11.7 Å². The number of carbonyl (C=O) groups is 1. The van der Waals surface area contributed by atoms with E-state index in [2.05, 4.69) is 47.1 Å². The van der Waals surface area contributed by atoms with Crippen molar-refractivity contribution in [3.63, 3.8) is 0 Å². The summed E-state index contributed by atoms with van der Waals surface area (Å²) in [5.41, 5.74) is 1.17. The molecule has 1 amide bonds. The Hall–Kier alpha value is -2.13. The van der Waals surface area contributed by atoms with Gasteiger partial charge in [-0.25, -0.2) is 4.98 Å². The Morgan fingerprint density at radius 1 is 1.31 bits per heavy atom. The average molecular weight is 435 g/mol. The summed E-state index contributed by atoms with van der Waals surface area (Å²) < 4.78 is 4.98. The van der Waals surface area contributed by atoms with Gasteiger partial charge in [-0.15, -0.1) is 10.2 Å². The molecule has 0 aliphatic rings. The summed E-state index contributed by atoms with van der Waals surface area (Å²) in [7, 11) is 2.01. The molecule has 0 aromatic carbocycles. The second kappa shape index (κ2) is 8.50. The predicted molar refractivity (Wildman–Crippen MR) is 105 cm³/mol. The van der Waals surface area contributed by atoms with E-state index in [9.17, 15) is 4.79 Å². The van der Waals surface area contributed by atoms with Crippen molar-refractivity contribution in [1.29, 1.82) is 0 Å². The third-order valence-electron chi connectivity index (χ3n) is 3.83. The van der Waals surface area contributed by atoms with Gasteiger partial charge in [0.15, 0.2) is 5.16 Å². The van der Waals surface area contributed by atoms with E-state index in [4.69, 9.17) is 0 Å². The Balaban J connectivity index is 1.61. The molecule has 0 atom stereocenters. The molecule has 26 heavy (non-hydrogen) atoms. The SMILES string of the molecule is CCn1c(Cc2cccn2C)nnc1SCC(=O)Nc1ccc(Br)cn1. The lowest BCUT2D eigenvalue weighted by Crippen LogP contribution is -2.15. The number of halogens is 1. The number of hydrogen-bond donors (Lipinski definition) is 1. The van der Waals surface area contributed by atoms with E-state index in [1.54, 1.807) is 12.3 Å². The quantitative estimate of drug-likeness (QED) is 0.577. The van der Waals surface area contributed by atoms with Crippen LogP contribution in [-0.2, 0) is 24.8 Å². The third kappa shape index (κ3) is 4.53. The molecule has 3 aromatic rings. The van der Waals surface area contributed by atoms with Gasteiger partial charge in [0.1, 0.15) is 11.6 Å². The van der Waals surface area contributed by atoms with Gasteiger partial charge in [-0.2, -0.15) is 0 Å². The van der Waals surface area contributed by atoms with Gasteiger partial charge in [0.25, 0.3) is 0 Å². The van der Waals surface area contributed by atoms with Crippen molar-refractivity contribution < 1.29 is 4.79 Å². The fourth-order valence-electron chi connectivity index (χ4n) is 2.48. The minimum absolute atomic E-state index is 0.125. The normalized spacial score (nSPS) is 10.9. The summed E-state index contributed by atoms with van der Waals surface area (Å²) in [6.07, 6.45) is 4.37. The standard InChI is InChI=1S/C17H19BrN6OS/c1-3-24-15(9-13-5-4-8-23(13)2)21-22-17(24)26-11-16(25)20-14-7-6-12(18)10-19-14/h4-8,10H,3,9,11H2,1-2H3,(H,19,20,25). The van der Waals surface area contributed by atoms with E-state index in [0.29, 0.717) is 12.2 Å². The Bertz CT molecular complexity index is 889. The van der Waals surface area contributed by atoms with Gasteiger partial charge in [-0.1, -0.05) is 11.8 Å². The molecule has 0 aliphatic carbocycles. The largest absolute Gasteiger partial charge is 0.354 e. The Kier molecular flexibility index (Phi) is 6.10. The van der Waals surface area contributed by atoms with Crippen molar-refractivity contribution in [1.82, 2.24) is 24.3 Å². The molecule has 0 bridgehead atoms. The Morgan fingerprint density at radius 2 is 2.15 bits per heavy atom. The van der Waals surface area contributed by atoms with Crippen LogP contribution in [0.3, 0.4) is 0 Å². The molecule has 3 rings (SSSR count). The number of thioether (sulfide) groups is 1.